The maximum absolute atomic E-state index is 13.2. The summed E-state index contributed by atoms with van der Waals surface area (Å²) in [4.78, 5) is 12.0. The number of amides is 1. The lowest BCUT2D eigenvalue weighted by atomic mass is 9.89. The van der Waals surface area contributed by atoms with E-state index in [1.54, 1.807) is 13.8 Å². The van der Waals surface area contributed by atoms with E-state index in [0.717, 1.165) is 6.07 Å². The molecule has 0 saturated carbocycles. The van der Waals surface area contributed by atoms with Gasteiger partial charge in [0.15, 0.2) is 0 Å². The van der Waals surface area contributed by atoms with E-state index in [-0.39, 0.29) is 12.1 Å². The Bertz CT molecular complexity index is 521. The highest BCUT2D eigenvalue weighted by atomic mass is 19.1. The number of hydroxylamine groups is 2. The van der Waals surface area contributed by atoms with E-state index >= 15 is 0 Å². The Morgan fingerprint density at radius 2 is 2.11 bits per heavy atom. The van der Waals surface area contributed by atoms with Crippen LogP contribution in [-0.2, 0) is 11.3 Å². The number of hydrogen-bond acceptors (Lipinski definition) is 3. The maximum Gasteiger partial charge on any atom is 0.251 e. The molecule has 0 atom stereocenters. The number of carbonyl (C=O) groups is 1. The van der Waals surface area contributed by atoms with Gasteiger partial charge in [0.25, 0.3) is 5.91 Å². The van der Waals surface area contributed by atoms with E-state index in [4.69, 9.17) is 5.26 Å². The standard InChI is InChI=1S/C14H17FN2O2/c1-4-14(2,3)13(18)17(19)9-11-5-10(8-16)6-12(15)7-11/h5-7,19H,4,9H2,1-3H3. The van der Waals surface area contributed by atoms with Crippen LogP contribution in [0.1, 0.15) is 38.3 Å². The fourth-order valence-electron chi connectivity index (χ4n) is 1.55. The average Bonchev–Trinajstić information content (AvgIpc) is 2.36. The fourth-order valence-corrected chi connectivity index (χ4v) is 1.55. The molecule has 0 aromatic heterocycles. The molecule has 0 fully saturated rings. The number of nitriles is 1. The van der Waals surface area contributed by atoms with Crippen LogP contribution in [0.3, 0.4) is 0 Å². The minimum atomic E-state index is -0.680. The largest absolute Gasteiger partial charge is 0.286 e. The Morgan fingerprint density at radius 3 is 2.63 bits per heavy atom. The van der Waals surface area contributed by atoms with Crippen molar-refractivity contribution in [2.45, 2.75) is 33.7 Å². The summed E-state index contributed by atoms with van der Waals surface area (Å²) in [5.74, 6) is -0.998. The molecule has 0 aliphatic carbocycles. The quantitative estimate of drug-likeness (QED) is 0.671. The second-order valence-corrected chi connectivity index (χ2v) is 5.06. The van der Waals surface area contributed by atoms with E-state index in [1.165, 1.54) is 12.1 Å². The van der Waals surface area contributed by atoms with Crippen molar-refractivity contribution in [3.05, 3.63) is 35.1 Å². The van der Waals surface area contributed by atoms with Crippen LogP contribution in [-0.4, -0.2) is 16.2 Å². The first-order chi connectivity index (χ1) is 8.80. The van der Waals surface area contributed by atoms with Gasteiger partial charge in [0.2, 0.25) is 0 Å². The monoisotopic (exact) mass is 264 g/mol. The fraction of sp³-hybridized carbons (Fsp3) is 0.429. The van der Waals surface area contributed by atoms with E-state index < -0.39 is 17.1 Å². The summed E-state index contributed by atoms with van der Waals surface area (Å²) in [5.41, 5.74) is -0.148. The third-order valence-corrected chi connectivity index (χ3v) is 3.12. The minimum absolute atomic E-state index is 0.144. The van der Waals surface area contributed by atoms with Crippen LogP contribution >= 0.6 is 0 Å². The zero-order valence-corrected chi connectivity index (χ0v) is 11.3. The summed E-state index contributed by atoms with van der Waals surface area (Å²) < 4.78 is 13.2. The van der Waals surface area contributed by atoms with Gasteiger partial charge in [-0.1, -0.05) is 20.8 Å². The molecule has 5 heteroatoms. The highest BCUT2D eigenvalue weighted by molar-refractivity contribution is 5.80. The summed E-state index contributed by atoms with van der Waals surface area (Å²) in [7, 11) is 0. The van der Waals surface area contributed by atoms with Crippen LogP contribution in [0.5, 0.6) is 0 Å². The minimum Gasteiger partial charge on any atom is -0.286 e. The van der Waals surface area contributed by atoms with E-state index in [9.17, 15) is 14.4 Å². The van der Waals surface area contributed by atoms with Crippen molar-refractivity contribution < 1.29 is 14.4 Å². The number of benzene rings is 1. The van der Waals surface area contributed by atoms with E-state index in [0.29, 0.717) is 17.0 Å². The Kier molecular flexibility index (Phi) is 4.62. The van der Waals surface area contributed by atoms with Gasteiger partial charge >= 0.3 is 0 Å². The molecule has 1 N–H and O–H groups in total. The molecule has 4 nitrogen and oxygen atoms in total. The summed E-state index contributed by atoms with van der Waals surface area (Å²) in [6, 6.07) is 5.56. The normalized spacial score (nSPS) is 10.9. The Morgan fingerprint density at radius 1 is 1.47 bits per heavy atom. The molecule has 0 heterocycles. The lowest BCUT2D eigenvalue weighted by Gasteiger charge is -2.26. The number of hydrogen-bond donors (Lipinski definition) is 1. The van der Waals surface area contributed by atoms with E-state index in [1.807, 2.05) is 13.0 Å². The first-order valence-corrected chi connectivity index (χ1v) is 6.00. The van der Waals surface area contributed by atoms with Gasteiger partial charge in [0, 0.05) is 5.41 Å². The lowest BCUT2D eigenvalue weighted by Crippen LogP contribution is -2.38. The van der Waals surface area contributed by atoms with Gasteiger partial charge in [-0.15, -0.1) is 0 Å². The molecule has 0 spiro atoms. The number of halogens is 1. The van der Waals surface area contributed by atoms with Crippen LogP contribution in [0.2, 0.25) is 0 Å². The van der Waals surface area contributed by atoms with E-state index in [2.05, 4.69) is 0 Å². The van der Waals surface area contributed by atoms with Gasteiger partial charge in [-0.25, -0.2) is 9.45 Å². The predicted molar refractivity (Wildman–Crippen MR) is 67.5 cm³/mol. The summed E-state index contributed by atoms with van der Waals surface area (Å²) >= 11 is 0. The van der Waals surface area contributed by atoms with Crippen molar-refractivity contribution in [3.8, 4) is 6.07 Å². The third-order valence-electron chi connectivity index (χ3n) is 3.12. The van der Waals surface area contributed by atoms with Crippen molar-refractivity contribution in [1.82, 2.24) is 5.06 Å². The van der Waals surface area contributed by atoms with Crippen molar-refractivity contribution in [2.24, 2.45) is 5.41 Å². The molecule has 0 radical (unpaired) electrons. The second kappa shape index (κ2) is 5.81. The molecule has 0 saturated heterocycles. The van der Waals surface area contributed by atoms with Gasteiger partial charge in [-0.2, -0.15) is 5.26 Å². The average molecular weight is 264 g/mol. The molecule has 1 aromatic carbocycles. The summed E-state index contributed by atoms with van der Waals surface area (Å²) in [5, 5.41) is 19.1. The van der Waals surface area contributed by atoms with Crippen LogP contribution in [0, 0.1) is 22.6 Å². The molecule has 0 aliphatic rings. The molecule has 102 valence electrons. The number of rotatable bonds is 4. The smallest absolute Gasteiger partial charge is 0.251 e. The van der Waals surface area contributed by atoms with Crippen molar-refractivity contribution in [3.63, 3.8) is 0 Å². The maximum atomic E-state index is 13.2. The van der Waals surface area contributed by atoms with Crippen LogP contribution in [0.15, 0.2) is 18.2 Å². The second-order valence-electron chi connectivity index (χ2n) is 5.06. The molecule has 1 amide bonds. The van der Waals surface area contributed by atoms with Crippen LogP contribution in [0.4, 0.5) is 4.39 Å². The highest BCUT2D eigenvalue weighted by Crippen LogP contribution is 2.23. The summed E-state index contributed by atoms with van der Waals surface area (Å²) in [6.07, 6.45) is 0.579. The van der Waals surface area contributed by atoms with Crippen molar-refractivity contribution >= 4 is 5.91 Å². The van der Waals surface area contributed by atoms with Gasteiger partial charge in [0.1, 0.15) is 5.82 Å². The predicted octanol–water partition coefficient (Wildman–Crippen LogP) is 2.85. The van der Waals surface area contributed by atoms with Gasteiger partial charge < -0.3 is 0 Å². The number of carbonyl (C=O) groups excluding carboxylic acids is 1. The van der Waals surface area contributed by atoms with Gasteiger partial charge in [0.05, 0.1) is 18.2 Å². The molecular weight excluding hydrogens is 247 g/mol. The zero-order chi connectivity index (χ0) is 14.6. The molecule has 1 rings (SSSR count). The first-order valence-electron chi connectivity index (χ1n) is 6.00. The lowest BCUT2D eigenvalue weighted by molar-refractivity contribution is -0.178. The Balaban J connectivity index is 2.89. The van der Waals surface area contributed by atoms with Crippen LogP contribution < -0.4 is 0 Å². The SMILES string of the molecule is CCC(C)(C)C(=O)N(O)Cc1cc(F)cc(C#N)c1. The molecule has 19 heavy (non-hydrogen) atoms. The molecule has 0 aliphatic heterocycles. The van der Waals surface area contributed by atoms with Crippen molar-refractivity contribution in [2.75, 3.05) is 0 Å². The topological polar surface area (TPSA) is 64.3 Å². The first kappa shape index (κ1) is 15.1. The molecule has 0 bridgehead atoms. The molecular formula is C14H17FN2O2. The Hall–Kier alpha value is -1.93. The van der Waals surface area contributed by atoms with Crippen molar-refractivity contribution in [1.29, 1.82) is 5.26 Å². The van der Waals surface area contributed by atoms with Gasteiger partial charge in [-0.05, 0) is 30.2 Å². The zero-order valence-electron chi connectivity index (χ0n) is 11.3. The summed E-state index contributed by atoms with van der Waals surface area (Å²) in [6.45, 7) is 5.16. The Labute approximate surface area is 112 Å². The van der Waals surface area contributed by atoms with Crippen LogP contribution in [0.25, 0.3) is 0 Å². The molecule has 0 unspecified atom stereocenters. The highest BCUT2D eigenvalue weighted by Gasteiger charge is 2.29. The third kappa shape index (κ3) is 3.76. The number of nitrogens with zero attached hydrogens (tertiary/aromatic N) is 2. The van der Waals surface area contributed by atoms with Gasteiger partial charge in [-0.3, -0.25) is 10.0 Å². The molecule has 1 aromatic rings.